The predicted octanol–water partition coefficient (Wildman–Crippen LogP) is 0.745. The zero-order valence-electron chi connectivity index (χ0n) is 7.73. The lowest BCUT2D eigenvalue weighted by atomic mass is 9.93. The highest BCUT2D eigenvalue weighted by atomic mass is 16.4. The number of nitrogens with zero attached hydrogens (tertiary/aromatic N) is 1. The first kappa shape index (κ1) is 9.15. The maximum Gasteiger partial charge on any atom is 0.330 e. The van der Waals surface area contributed by atoms with Gasteiger partial charge in [0.1, 0.15) is 0 Å². The Morgan fingerprint density at radius 3 is 2.93 bits per heavy atom. The van der Waals surface area contributed by atoms with E-state index in [0.717, 1.165) is 13.0 Å². The molecule has 1 aliphatic heterocycles. The van der Waals surface area contributed by atoms with Gasteiger partial charge in [0.2, 0.25) is 0 Å². The summed E-state index contributed by atoms with van der Waals surface area (Å²) in [6.07, 6.45) is 3.11. The van der Waals surface area contributed by atoms with E-state index < -0.39 is 11.5 Å². The topological polar surface area (TPSA) is 62.2 Å². The van der Waals surface area contributed by atoms with Gasteiger partial charge >= 0.3 is 5.97 Å². The number of carboxylic acids is 1. The van der Waals surface area contributed by atoms with Crippen LogP contribution in [0.4, 0.5) is 0 Å². The normalized spacial score (nSPS) is 26.3. The van der Waals surface area contributed by atoms with Crippen LogP contribution in [0.15, 0.2) is 24.4 Å². The van der Waals surface area contributed by atoms with Gasteiger partial charge in [0.05, 0.1) is 5.69 Å². The number of aromatic nitrogens is 1. The Morgan fingerprint density at radius 2 is 2.43 bits per heavy atom. The van der Waals surface area contributed by atoms with E-state index in [-0.39, 0.29) is 0 Å². The van der Waals surface area contributed by atoms with Gasteiger partial charge in [0.15, 0.2) is 5.54 Å². The van der Waals surface area contributed by atoms with E-state index in [1.807, 2.05) is 6.07 Å². The first-order valence-electron chi connectivity index (χ1n) is 4.66. The number of hydrogen-bond donors (Lipinski definition) is 2. The van der Waals surface area contributed by atoms with Gasteiger partial charge in [0.25, 0.3) is 0 Å². The molecule has 1 saturated heterocycles. The zero-order chi connectivity index (χ0) is 10.0. The van der Waals surface area contributed by atoms with E-state index >= 15 is 0 Å². The van der Waals surface area contributed by atoms with Gasteiger partial charge in [-0.2, -0.15) is 0 Å². The van der Waals surface area contributed by atoms with Crippen LogP contribution in [0.25, 0.3) is 0 Å². The van der Waals surface area contributed by atoms with Crippen molar-refractivity contribution in [2.24, 2.45) is 0 Å². The number of hydrogen-bond acceptors (Lipinski definition) is 3. The molecule has 0 radical (unpaired) electrons. The molecule has 74 valence electrons. The van der Waals surface area contributed by atoms with Crippen molar-refractivity contribution >= 4 is 5.97 Å². The van der Waals surface area contributed by atoms with Crippen LogP contribution in [0.2, 0.25) is 0 Å². The summed E-state index contributed by atoms with van der Waals surface area (Å²) in [4.78, 5) is 15.3. The Bertz CT molecular complexity index is 331. The number of aliphatic carboxylic acids is 1. The van der Waals surface area contributed by atoms with Crippen molar-refractivity contribution in [3.8, 4) is 0 Å². The summed E-state index contributed by atoms with van der Waals surface area (Å²) in [6.45, 7) is 0.739. The Kier molecular flexibility index (Phi) is 2.21. The van der Waals surface area contributed by atoms with Crippen molar-refractivity contribution in [1.29, 1.82) is 0 Å². The van der Waals surface area contributed by atoms with Crippen molar-refractivity contribution in [3.63, 3.8) is 0 Å². The molecule has 0 aromatic carbocycles. The highest BCUT2D eigenvalue weighted by Crippen LogP contribution is 2.29. The monoisotopic (exact) mass is 192 g/mol. The molecule has 2 rings (SSSR count). The molecule has 0 bridgehead atoms. The van der Waals surface area contributed by atoms with Gasteiger partial charge in [-0.25, -0.2) is 4.79 Å². The standard InChI is InChI=1S/C10H12N2O2/c13-9(14)10(5-3-7-12-10)8-4-1-2-6-11-8/h1-2,4,6,12H,3,5,7H2,(H,13,14). The molecule has 0 spiro atoms. The molecule has 0 saturated carbocycles. The van der Waals surface area contributed by atoms with Crippen LogP contribution in [-0.4, -0.2) is 22.6 Å². The average molecular weight is 192 g/mol. The van der Waals surface area contributed by atoms with Crippen LogP contribution in [0.3, 0.4) is 0 Å². The third-order valence-electron chi connectivity index (χ3n) is 2.62. The molecular formula is C10H12N2O2. The molecule has 4 nitrogen and oxygen atoms in total. The molecule has 1 unspecified atom stereocenters. The molecule has 1 fully saturated rings. The van der Waals surface area contributed by atoms with Crippen molar-refractivity contribution in [2.75, 3.05) is 6.54 Å². The second-order valence-corrected chi connectivity index (χ2v) is 3.46. The Morgan fingerprint density at radius 1 is 1.57 bits per heavy atom. The van der Waals surface area contributed by atoms with Crippen molar-refractivity contribution in [3.05, 3.63) is 30.1 Å². The van der Waals surface area contributed by atoms with E-state index in [0.29, 0.717) is 12.1 Å². The van der Waals surface area contributed by atoms with E-state index in [1.165, 1.54) is 0 Å². The summed E-state index contributed by atoms with van der Waals surface area (Å²) in [5, 5.41) is 12.2. The maximum absolute atomic E-state index is 11.2. The van der Waals surface area contributed by atoms with Gasteiger partial charge in [-0.15, -0.1) is 0 Å². The molecule has 1 atom stereocenters. The second-order valence-electron chi connectivity index (χ2n) is 3.46. The third kappa shape index (κ3) is 1.28. The molecule has 2 N–H and O–H groups in total. The van der Waals surface area contributed by atoms with Gasteiger partial charge in [0, 0.05) is 6.20 Å². The summed E-state index contributed by atoms with van der Waals surface area (Å²) in [5.41, 5.74) is -0.355. The minimum atomic E-state index is -0.957. The molecule has 14 heavy (non-hydrogen) atoms. The predicted molar refractivity (Wildman–Crippen MR) is 50.8 cm³/mol. The fourth-order valence-corrected chi connectivity index (χ4v) is 1.87. The minimum Gasteiger partial charge on any atom is -0.480 e. The fraction of sp³-hybridized carbons (Fsp3) is 0.400. The Balaban J connectivity index is 2.42. The number of rotatable bonds is 2. The number of carboxylic acid groups (broad SMARTS) is 1. The Labute approximate surface area is 82.0 Å². The van der Waals surface area contributed by atoms with Crippen LogP contribution < -0.4 is 5.32 Å². The second kappa shape index (κ2) is 3.38. The van der Waals surface area contributed by atoms with E-state index in [9.17, 15) is 9.90 Å². The van der Waals surface area contributed by atoms with E-state index in [2.05, 4.69) is 10.3 Å². The number of carbonyl (C=O) groups is 1. The Hall–Kier alpha value is -1.42. The third-order valence-corrected chi connectivity index (χ3v) is 2.62. The van der Waals surface area contributed by atoms with Gasteiger partial charge in [-0.05, 0) is 31.5 Å². The summed E-state index contributed by atoms with van der Waals surface area (Å²) in [7, 11) is 0. The molecule has 1 aliphatic rings. The number of nitrogens with one attached hydrogen (secondary N) is 1. The summed E-state index contributed by atoms with van der Waals surface area (Å²) in [6, 6.07) is 5.35. The van der Waals surface area contributed by atoms with Crippen molar-refractivity contribution < 1.29 is 9.90 Å². The van der Waals surface area contributed by atoms with Crippen molar-refractivity contribution in [1.82, 2.24) is 10.3 Å². The largest absolute Gasteiger partial charge is 0.480 e. The van der Waals surface area contributed by atoms with Gasteiger partial charge < -0.3 is 5.11 Å². The van der Waals surface area contributed by atoms with Crippen LogP contribution >= 0.6 is 0 Å². The van der Waals surface area contributed by atoms with Crippen molar-refractivity contribution in [2.45, 2.75) is 18.4 Å². The first-order valence-corrected chi connectivity index (χ1v) is 4.66. The fourth-order valence-electron chi connectivity index (χ4n) is 1.87. The molecule has 2 heterocycles. The van der Waals surface area contributed by atoms with Gasteiger partial charge in [-0.3, -0.25) is 10.3 Å². The minimum absolute atomic E-state index is 0.602. The van der Waals surface area contributed by atoms with Gasteiger partial charge in [-0.1, -0.05) is 6.07 Å². The maximum atomic E-state index is 11.2. The molecule has 1 aromatic heterocycles. The molecule has 0 aliphatic carbocycles. The summed E-state index contributed by atoms with van der Waals surface area (Å²) >= 11 is 0. The lowest BCUT2D eigenvalue weighted by molar-refractivity contribution is -0.144. The molecule has 4 heteroatoms. The average Bonchev–Trinajstić information content (AvgIpc) is 2.69. The lowest BCUT2D eigenvalue weighted by Gasteiger charge is -2.23. The highest BCUT2D eigenvalue weighted by Gasteiger charge is 2.43. The number of pyridine rings is 1. The lowest BCUT2D eigenvalue weighted by Crippen LogP contribution is -2.45. The summed E-state index contributed by atoms with van der Waals surface area (Å²) < 4.78 is 0. The van der Waals surface area contributed by atoms with Crippen LogP contribution in [0.5, 0.6) is 0 Å². The molecular weight excluding hydrogens is 180 g/mol. The summed E-state index contributed by atoms with van der Waals surface area (Å²) in [5.74, 6) is -0.839. The molecule has 1 aromatic rings. The SMILES string of the molecule is O=C(O)C1(c2ccccn2)CCCN1. The quantitative estimate of drug-likeness (QED) is 0.725. The van der Waals surface area contributed by atoms with Crippen LogP contribution in [-0.2, 0) is 10.3 Å². The smallest absolute Gasteiger partial charge is 0.330 e. The van der Waals surface area contributed by atoms with E-state index in [1.54, 1.807) is 18.3 Å². The molecule has 0 amide bonds. The highest BCUT2D eigenvalue weighted by molar-refractivity contribution is 5.80. The van der Waals surface area contributed by atoms with Crippen LogP contribution in [0.1, 0.15) is 18.5 Å². The van der Waals surface area contributed by atoms with E-state index in [4.69, 9.17) is 0 Å². The van der Waals surface area contributed by atoms with Crippen LogP contribution in [0, 0.1) is 0 Å². The zero-order valence-corrected chi connectivity index (χ0v) is 7.73. The first-order chi connectivity index (χ1) is 6.76.